The van der Waals surface area contributed by atoms with Gasteiger partial charge < -0.3 is 10.6 Å². The molecule has 6 rings (SSSR count). The quantitative estimate of drug-likeness (QED) is 0.442. The predicted molar refractivity (Wildman–Crippen MR) is 141 cm³/mol. The van der Waals surface area contributed by atoms with Crippen molar-refractivity contribution in [1.82, 2.24) is 24.4 Å². The van der Waals surface area contributed by atoms with Gasteiger partial charge in [0.2, 0.25) is 0 Å². The zero-order valence-corrected chi connectivity index (χ0v) is 21.1. The summed E-state index contributed by atoms with van der Waals surface area (Å²) in [6, 6.07) is 8.95. The number of rotatable bonds is 3. The molecule has 35 heavy (non-hydrogen) atoms. The minimum Gasteiger partial charge on any atom is -0.357 e. The van der Waals surface area contributed by atoms with E-state index in [1.807, 2.05) is 31.8 Å². The number of piperidine rings is 1. The zero-order valence-electron chi connectivity index (χ0n) is 19.5. The second-order valence-corrected chi connectivity index (χ2v) is 9.57. The van der Waals surface area contributed by atoms with Gasteiger partial charge in [0.25, 0.3) is 0 Å². The molecule has 5 heterocycles. The molecule has 0 atom stereocenters. The van der Waals surface area contributed by atoms with Crippen LogP contribution in [-0.4, -0.2) is 43.5 Å². The number of fused-ring (bicyclic) bond motifs is 1. The summed E-state index contributed by atoms with van der Waals surface area (Å²) in [7, 11) is 1.90. The second-order valence-electron chi connectivity index (χ2n) is 9.57. The van der Waals surface area contributed by atoms with Crippen molar-refractivity contribution in [3.05, 3.63) is 54.7 Å². The number of halogens is 2. The van der Waals surface area contributed by atoms with E-state index >= 15 is 0 Å². The maximum absolute atomic E-state index is 9.64. The largest absolute Gasteiger partial charge is 0.357 e. The van der Waals surface area contributed by atoms with Gasteiger partial charge in [-0.15, -0.1) is 24.8 Å². The third-order valence-corrected chi connectivity index (χ3v) is 7.37. The summed E-state index contributed by atoms with van der Waals surface area (Å²) < 4.78 is 3.55. The first-order valence-electron chi connectivity index (χ1n) is 11.4. The normalized spacial score (nSPS) is 16.9. The number of nitrogens with zero attached hydrogens (tertiary/aromatic N) is 7. The van der Waals surface area contributed by atoms with Crippen molar-refractivity contribution >= 4 is 36.1 Å². The van der Waals surface area contributed by atoms with Crippen LogP contribution in [0.25, 0.3) is 27.8 Å². The summed E-state index contributed by atoms with van der Waals surface area (Å²) in [4.78, 5) is 7.19. The van der Waals surface area contributed by atoms with Gasteiger partial charge in [0.05, 0.1) is 23.5 Å². The highest BCUT2D eigenvalue weighted by molar-refractivity contribution is 5.87. The van der Waals surface area contributed by atoms with Crippen molar-refractivity contribution in [3.63, 3.8) is 0 Å². The van der Waals surface area contributed by atoms with Gasteiger partial charge in [-0.05, 0) is 49.3 Å². The predicted octanol–water partition coefficient (Wildman–Crippen LogP) is 4.22. The molecule has 0 radical (unpaired) electrons. The fraction of sp³-hybridized carbons (Fsp3) is 0.360. The smallest absolute Gasteiger partial charge is 0.128 e. The van der Waals surface area contributed by atoms with Crippen molar-refractivity contribution in [1.29, 1.82) is 5.26 Å². The second kappa shape index (κ2) is 9.50. The van der Waals surface area contributed by atoms with E-state index in [0.717, 1.165) is 46.7 Å². The molecule has 0 aromatic carbocycles. The number of hydrogen-bond acceptors (Lipinski definition) is 6. The van der Waals surface area contributed by atoms with Gasteiger partial charge in [-0.1, -0.05) is 0 Å². The minimum absolute atomic E-state index is 0. The fourth-order valence-corrected chi connectivity index (χ4v) is 5.55. The van der Waals surface area contributed by atoms with E-state index in [2.05, 4.69) is 39.4 Å². The third kappa shape index (κ3) is 4.36. The van der Waals surface area contributed by atoms with Crippen molar-refractivity contribution < 1.29 is 0 Å². The van der Waals surface area contributed by atoms with Crippen LogP contribution in [0.1, 0.15) is 31.2 Å². The third-order valence-electron chi connectivity index (χ3n) is 7.37. The zero-order chi connectivity index (χ0) is 22.6. The molecule has 0 unspecified atom stereocenters. The van der Waals surface area contributed by atoms with Gasteiger partial charge in [-0.25, -0.2) is 9.50 Å². The van der Waals surface area contributed by atoms with Crippen molar-refractivity contribution in [2.24, 2.45) is 18.2 Å². The highest BCUT2D eigenvalue weighted by Gasteiger charge is 2.44. The Hall–Kier alpha value is -3.12. The Morgan fingerprint density at radius 2 is 1.77 bits per heavy atom. The van der Waals surface area contributed by atoms with Crippen LogP contribution in [0.15, 0.2) is 49.2 Å². The van der Waals surface area contributed by atoms with Gasteiger partial charge >= 0.3 is 0 Å². The van der Waals surface area contributed by atoms with Gasteiger partial charge in [-0.2, -0.15) is 15.5 Å². The molecule has 1 saturated carbocycles. The summed E-state index contributed by atoms with van der Waals surface area (Å²) in [6.45, 7) is 2.06. The molecule has 8 nitrogen and oxygen atoms in total. The SMILES string of the molecule is Cl.Cl.Cn1cc(-c2cc(-c3ccc(N4CCC5(CC4)CC(N)C5)nc3)c3c(C#N)cnn3c2)cn1. The molecule has 0 bridgehead atoms. The number of anilines is 1. The van der Waals surface area contributed by atoms with Crippen LogP contribution in [0.4, 0.5) is 5.82 Å². The molecule has 182 valence electrons. The Morgan fingerprint density at radius 1 is 1.00 bits per heavy atom. The summed E-state index contributed by atoms with van der Waals surface area (Å²) >= 11 is 0. The summed E-state index contributed by atoms with van der Waals surface area (Å²) in [6.07, 6.45) is 14.0. The number of aryl methyl sites for hydroxylation is 1. The molecule has 1 aliphatic heterocycles. The molecular formula is C25H28Cl2N8. The van der Waals surface area contributed by atoms with Gasteiger partial charge in [-0.3, -0.25) is 4.68 Å². The molecule has 1 spiro atoms. The van der Waals surface area contributed by atoms with E-state index in [-0.39, 0.29) is 24.8 Å². The molecule has 4 aromatic rings. The first-order valence-corrected chi connectivity index (χ1v) is 11.4. The maximum atomic E-state index is 9.64. The average Bonchev–Trinajstić information content (AvgIpc) is 3.44. The standard InChI is InChI=1S/C25H26N8.2ClH/c1-31-15-20(14-29-31)18-8-22(24-19(11-26)13-30-33(24)16-18)17-2-3-23(28-12-17)32-6-4-25(5-7-32)9-21(27)10-25;;/h2-3,8,12-16,21H,4-7,9-10,27H2,1H3;2*1H. The molecular weight excluding hydrogens is 483 g/mol. The Labute approximate surface area is 216 Å². The van der Waals surface area contributed by atoms with Crippen LogP contribution in [0.2, 0.25) is 0 Å². The van der Waals surface area contributed by atoms with Crippen LogP contribution in [0, 0.1) is 16.7 Å². The molecule has 1 saturated heterocycles. The van der Waals surface area contributed by atoms with Gasteiger partial charge in [0.15, 0.2) is 0 Å². The van der Waals surface area contributed by atoms with Crippen LogP contribution < -0.4 is 10.6 Å². The molecule has 0 amide bonds. The van der Waals surface area contributed by atoms with E-state index < -0.39 is 0 Å². The molecule has 2 aliphatic rings. The first kappa shape index (κ1) is 25.0. The van der Waals surface area contributed by atoms with E-state index in [9.17, 15) is 5.26 Å². The number of pyridine rings is 2. The van der Waals surface area contributed by atoms with Gasteiger partial charge in [0, 0.05) is 67.0 Å². The molecule has 1 aliphatic carbocycles. The van der Waals surface area contributed by atoms with E-state index in [4.69, 9.17) is 10.7 Å². The van der Waals surface area contributed by atoms with E-state index in [1.165, 1.54) is 25.7 Å². The Bertz CT molecular complexity index is 1370. The first-order chi connectivity index (χ1) is 16.0. The summed E-state index contributed by atoms with van der Waals surface area (Å²) in [5.41, 5.74) is 11.7. The molecule has 2 N–H and O–H groups in total. The molecule has 4 aromatic heterocycles. The highest BCUT2D eigenvalue weighted by Crippen LogP contribution is 2.48. The van der Waals surface area contributed by atoms with E-state index in [0.29, 0.717) is 17.0 Å². The van der Waals surface area contributed by atoms with Crippen LogP contribution in [0.3, 0.4) is 0 Å². The Kier molecular flexibility index (Phi) is 6.78. The van der Waals surface area contributed by atoms with Crippen LogP contribution in [-0.2, 0) is 7.05 Å². The number of hydrogen-bond donors (Lipinski definition) is 1. The Balaban J connectivity index is 0.00000144. The number of nitriles is 1. The fourth-order valence-electron chi connectivity index (χ4n) is 5.55. The lowest BCUT2D eigenvalue weighted by molar-refractivity contribution is 0.0711. The minimum atomic E-state index is 0. The van der Waals surface area contributed by atoms with Crippen molar-refractivity contribution in [2.45, 2.75) is 31.7 Å². The highest BCUT2D eigenvalue weighted by atomic mass is 35.5. The lowest BCUT2D eigenvalue weighted by atomic mass is 9.61. The van der Waals surface area contributed by atoms with Gasteiger partial charge in [0.1, 0.15) is 11.9 Å². The summed E-state index contributed by atoms with van der Waals surface area (Å²) in [5.74, 6) is 1.01. The summed E-state index contributed by atoms with van der Waals surface area (Å²) in [5, 5.41) is 18.4. The molecule has 10 heteroatoms. The Morgan fingerprint density at radius 3 is 2.37 bits per heavy atom. The number of aromatic nitrogens is 5. The van der Waals surface area contributed by atoms with Crippen LogP contribution >= 0.6 is 24.8 Å². The average molecular weight is 511 g/mol. The maximum Gasteiger partial charge on any atom is 0.128 e. The molecule has 2 fully saturated rings. The van der Waals surface area contributed by atoms with Crippen molar-refractivity contribution in [2.75, 3.05) is 18.0 Å². The van der Waals surface area contributed by atoms with Crippen LogP contribution in [0.5, 0.6) is 0 Å². The monoisotopic (exact) mass is 510 g/mol. The lowest BCUT2D eigenvalue weighted by Crippen LogP contribution is -2.52. The van der Waals surface area contributed by atoms with Crippen molar-refractivity contribution in [3.8, 4) is 28.3 Å². The number of nitrogens with two attached hydrogens (primary N) is 1. The topological polar surface area (TPSA) is 101 Å². The van der Waals surface area contributed by atoms with E-state index in [1.54, 1.807) is 15.4 Å². The lowest BCUT2D eigenvalue weighted by Gasteiger charge is -2.51.